The van der Waals surface area contributed by atoms with Crippen molar-refractivity contribution in [1.29, 1.82) is 0 Å². The van der Waals surface area contributed by atoms with Gasteiger partial charge in [0.25, 0.3) is 5.91 Å². The molecule has 0 N–H and O–H groups in total. The third-order valence-electron chi connectivity index (χ3n) is 3.66. The van der Waals surface area contributed by atoms with E-state index in [1.165, 1.54) is 0 Å². The van der Waals surface area contributed by atoms with Crippen LogP contribution in [-0.2, 0) is 9.53 Å². The summed E-state index contributed by atoms with van der Waals surface area (Å²) >= 11 is 5.92. The maximum Gasteiger partial charge on any atom is 0.316 e. The van der Waals surface area contributed by atoms with Crippen molar-refractivity contribution >= 4 is 23.5 Å². The topological polar surface area (TPSA) is 55.8 Å². The van der Waals surface area contributed by atoms with E-state index in [1.54, 1.807) is 30.0 Å². The molecule has 0 aromatic heterocycles. The molecule has 0 unspecified atom stereocenters. The van der Waals surface area contributed by atoms with Crippen LogP contribution in [0.15, 0.2) is 24.3 Å². The summed E-state index contributed by atoms with van der Waals surface area (Å²) in [7, 11) is 0. The molecule has 1 heterocycles. The molecule has 22 heavy (non-hydrogen) atoms. The predicted molar refractivity (Wildman–Crippen MR) is 83.3 cm³/mol. The van der Waals surface area contributed by atoms with Crippen molar-refractivity contribution in [3.63, 3.8) is 0 Å². The number of nitrogens with zero attached hydrogens (tertiary/aromatic N) is 1. The number of rotatable bonds is 6. The van der Waals surface area contributed by atoms with Gasteiger partial charge in [-0.1, -0.05) is 12.1 Å². The molecule has 0 spiro atoms. The highest BCUT2D eigenvalue weighted by Crippen LogP contribution is 2.35. The van der Waals surface area contributed by atoms with Crippen molar-refractivity contribution in [2.75, 3.05) is 32.2 Å². The SMILES string of the molecule is CCOC(=O)C1(CCl)CN(C(=O)c2ccccc2OCC)C1. The molecule has 1 fully saturated rings. The molecule has 0 atom stereocenters. The number of hydrogen-bond acceptors (Lipinski definition) is 4. The minimum Gasteiger partial charge on any atom is -0.493 e. The summed E-state index contributed by atoms with van der Waals surface area (Å²) in [5.41, 5.74) is -0.287. The predicted octanol–water partition coefficient (Wildman–Crippen LogP) is 2.33. The Kier molecular flexibility index (Phi) is 5.29. The number of benzene rings is 1. The zero-order chi connectivity index (χ0) is 16.2. The highest BCUT2D eigenvalue weighted by atomic mass is 35.5. The highest BCUT2D eigenvalue weighted by Gasteiger charge is 2.52. The van der Waals surface area contributed by atoms with Crippen LogP contribution < -0.4 is 4.74 Å². The fourth-order valence-corrected chi connectivity index (χ4v) is 2.75. The number of esters is 1. The number of hydrogen-bond donors (Lipinski definition) is 0. The molecule has 0 saturated carbocycles. The summed E-state index contributed by atoms with van der Waals surface area (Å²) in [4.78, 5) is 26.1. The maximum atomic E-state index is 12.6. The van der Waals surface area contributed by atoms with E-state index < -0.39 is 5.41 Å². The number of carbonyl (C=O) groups excluding carboxylic acids is 2. The van der Waals surface area contributed by atoms with Crippen LogP contribution in [0, 0.1) is 5.41 Å². The summed E-state index contributed by atoms with van der Waals surface area (Å²) in [5.74, 6) is 0.193. The van der Waals surface area contributed by atoms with Crippen LogP contribution in [-0.4, -0.2) is 49.0 Å². The zero-order valence-electron chi connectivity index (χ0n) is 12.8. The first-order valence-corrected chi connectivity index (χ1v) is 7.85. The van der Waals surface area contributed by atoms with E-state index in [2.05, 4.69) is 0 Å². The minimum absolute atomic E-state index is 0.142. The van der Waals surface area contributed by atoms with Gasteiger partial charge in [0.15, 0.2) is 0 Å². The second-order valence-electron chi connectivity index (χ2n) is 5.22. The lowest BCUT2D eigenvalue weighted by molar-refractivity contribution is -0.162. The number of amides is 1. The Hall–Kier alpha value is -1.75. The molecule has 1 aliphatic rings. The molecule has 1 saturated heterocycles. The Morgan fingerprint density at radius 1 is 1.23 bits per heavy atom. The molecular weight excluding hydrogens is 306 g/mol. The van der Waals surface area contributed by atoms with E-state index in [0.29, 0.717) is 24.5 Å². The smallest absolute Gasteiger partial charge is 0.316 e. The summed E-state index contributed by atoms with van der Waals surface area (Å²) in [6.07, 6.45) is 0. The average Bonchev–Trinajstić information content (AvgIpc) is 2.48. The summed E-state index contributed by atoms with van der Waals surface area (Å²) in [6.45, 7) is 4.95. The fraction of sp³-hybridized carbons (Fsp3) is 0.500. The van der Waals surface area contributed by atoms with E-state index in [4.69, 9.17) is 21.1 Å². The van der Waals surface area contributed by atoms with Crippen molar-refractivity contribution in [2.24, 2.45) is 5.41 Å². The molecule has 120 valence electrons. The van der Waals surface area contributed by atoms with Gasteiger partial charge in [-0.25, -0.2) is 0 Å². The van der Waals surface area contributed by atoms with Gasteiger partial charge >= 0.3 is 5.97 Å². The monoisotopic (exact) mass is 325 g/mol. The van der Waals surface area contributed by atoms with Gasteiger partial charge < -0.3 is 14.4 Å². The van der Waals surface area contributed by atoms with Crippen LogP contribution >= 0.6 is 11.6 Å². The van der Waals surface area contributed by atoms with Gasteiger partial charge in [-0.15, -0.1) is 11.6 Å². The van der Waals surface area contributed by atoms with Crippen molar-refractivity contribution in [1.82, 2.24) is 4.90 Å². The number of likely N-dealkylation sites (tertiary alicyclic amines) is 1. The molecule has 2 rings (SSSR count). The molecule has 6 heteroatoms. The van der Waals surface area contributed by atoms with Crippen LogP contribution in [0.25, 0.3) is 0 Å². The second kappa shape index (κ2) is 7.01. The zero-order valence-corrected chi connectivity index (χ0v) is 13.6. The molecule has 5 nitrogen and oxygen atoms in total. The molecule has 1 aromatic carbocycles. The number of halogens is 1. The molecule has 1 aromatic rings. The van der Waals surface area contributed by atoms with Crippen molar-refractivity contribution in [3.05, 3.63) is 29.8 Å². The molecule has 0 bridgehead atoms. The van der Waals surface area contributed by atoms with Crippen molar-refractivity contribution in [3.8, 4) is 5.75 Å². The van der Waals surface area contributed by atoms with E-state index in [1.807, 2.05) is 13.0 Å². The molecule has 0 radical (unpaired) electrons. The lowest BCUT2D eigenvalue weighted by Gasteiger charge is -2.46. The third kappa shape index (κ3) is 3.04. The van der Waals surface area contributed by atoms with Gasteiger partial charge in [0.05, 0.1) is 18.8 Å². The lowest BCUT2D eigenvalue weighted by atomic mass is 9.81. The van der Waals surface area contributed by atoms with Gasteiger partial charge in [-0.05, 0) is 26.0 Å². The molecular formula is C16H20ClNO4. The Morgan fingerprint density at radius 3 is 2.50 bits per heavy atom. The average molecular weight is 326 g/mol. The van der Waals surface area contributed by atoms with Crippen LogP contribution in [0.1, 0.15) is 24.2 Å². The van der Waals surface area contributed by atoms with Gasteiger partial charge in [0.1, 0.15) is 11.2 Å². The van der Waals surface area contributed by atoms with E-state index in [9.17, 15) is 9.59 Å². The summed E-state index contributed by atoms with van der Waals surface area (Å²) < 4.78 is 10.5. The van der Waals surface area contributed by atoms with Gasteiger partial charge in [0.2, 0.25) is 0 Å². The van der Waals surface area contributed by atoms with Crippen LogP contribution in [0.2, 0.25) is 0 Å². The number of carbonyl (C=O) groups is 2. The van der Waals surface area contributed by atoms with Crippen LogP contribution in [0.5, 0.6) is 5.75 Å². The number of ether oxygens (including phenoxy) is 2. The molecule has 1 aliphatic heterocycles. The largest absolute Gasteiger partial charge is 0.493 e. The van der Waals surface area contributed by atoms with Crippen LogP contribution in [0.4, 0.5) is 0 Å². The van der Waals surface area contributed by atoms with Gasteiger partial charge in [-0.2, -0.15) is 0 Å². The Balaban J connectivity index is 2.09. The third-order valence-corrected chi connectivity index (χ3v) is 4.17. The first-order valence-electron chi connectivity index (χ1n) is 7.32. The summed E-state index contributed by atoms with van der Waals surface area (Å²) in [5, 5.41) is 0. The van der Waals surface area contributed by atoms with Crippen molar-refractivity contribution in [2.45, 2.75) is 13.8 Å². The number of alkyl halides is 1. The first kappa shape index (κ1) is 16.6. The van der Waals surface area contributed by atoms with E-state index in [-0.39, 0.29) is 30.8 Å². The Bertz CT molecular complexity index is 555. The normalized spacial score (nSPS) is 15.9. The van der Waals surface area contributed by atoms with Gasteiger partial charge in [0, 0.05) is 19.0 Å². The molecule has 1 amide bonds. The Labute approximate surface area is 135 Å². The maximum absolute atomic E-state index is 12.6. The molecule has 0 aliphatic carbocycles. The van der Waals surface area contributed by atoms with E-state index >= 15 is 0 Å². The van der Waals surface area contributed by atoms with Crippen LogP contribution in [0.3, 0.4) is 0 Å². The highest BCUT2D eigenvalue weighted by molar-refractivity contribution is 6.20. The Morgan fingerprint density at radius 2 is 1.91 bits per heavy atom. The van der Waals surface area contributed by atoms with Gasteiger partial charge in [-0.3, -0.25) is 9.59 Å². The first-order chi connectivity index (χ1) is 10.6. The minimum atomic E-state index is -0.784. The number of para-hydroxylation sites is 1. The second-order valence-corrected chi connectivity index (χ2v) is 5.49. The summed E-state index contributed by atoms with van der Waals surface area (Å²) in [6, 6.07) is 7.09. The lowest BCUT2D eigenvalue weighted by Crippen LogP contribution is -2.63. The quantitative estimate of drug-likeness (QED) is 0.595. The fourth-order valence-electron chi connectivity index (χ4n) is 2.48. The standard InChI is InChI=1S/C16H20ClNO4/c1-3-21-13-8-6-5-7-12(13)14(19)18-10-16(9-17,11-18)15(20)22-4-2/h5-8H,3-4,9-11H2,1-2H3. The van der Waals surface area contributed by atoms with E-state index in [0.717, 1.165) is 0 Å². The van der Waals surface area contributed by atoms with Crippen molar-refractivity contribution < 1.29 is 19.1 Å².